The maximum absolute atomic E-state index is 9.78. The molecule has 0 unspecified atom stereocenters. The van der Waals surface area contributed by atoms with Crippen LogP contribution >= 0.6 is 0 Å². The van der Waals surface area contributed by atoms with Gasteiger partial charge in [0.1, 0.15) is 11.8 Å². The summed E-state index contributed by atoms with van der Waals surface area (Å²) in [7, 11) is 3.27. The number of hydrogen-bond acceptors (Lipinski definition) is 8. The first kappa shape index (κ1) is 24.6. The third kappa shape index (κ3) is 5.59. The van der Waals surface area contributed by atoms with Gasteiger partial charge in [-0.1, -0.05) is 6.07 Å². The summed E-state index contributed by atoms with van der Waals surface area (Å²) in [6.45, 7) is 9.08. The van der Waals surface area contributed by atoms with Crippen molar-refractivity contribution in [1.82, 2.24) is 9.88 Å². The number of nitrogens with one attached hydrogen (secondary N) is 1. The van der Waals surface area contributed by atoms with Crippen LogP contribution in [0.2, 0.25) is 0 Å². The van der Waals surface area contributed by atoms with E-state index < -0.39 is 0 Å². The number of nitriles is 1. The molecule has 0 amide bonds. The molecule has 184 valence electrons. The molecule has 1 N–H and O–H groups in total. The van der Waals surface area contributed by atoms with E-state index in [1.54, 1.807) is 20.4 Å². The normalized spacial score (nSPS) is 13.9. The Bertz CT molecular complexity index is 1230. The van der Waals surface area contributed by atoms with Crippen LogP contribution in [0.15, 0.2) is 30.5 Å². The molecule has 4 rings (SSSR count). The lowest BCUT2D eigenvalue weighted by molar-refractivity contribution is 0.0357. The Labute approximate surface area is 206 Å². The lowest BCUT2D eigenvalue weighted by Gasteiger charge is -2.26. The van der Waals surface area contributed by atoms with Gasteiger partial charge >= 0.3 is 0 Å². The number of anilines is 2. The number of morpholine rings is 1. The van der Waals surface area contributed by atoms with Crippen LogP contribution in [0, 0.1) is 25.2 Å². The summed E-state index contributed by atoms with van der Waals surface area (Å²) in [6, 6.07) is 10.0. The Hall–Kier alpha value is -3.54. The van der Waals surface area contributed by atoms with Crippen molar-refractivity contribution in [3.63, 3.8) is 0 Å². The molecule has 1 aromatic heterocycles. The van der Waals surface area contributed by atoms with Crippen molar-refractivity contribution in [3.8, 4) is 23.3 Å². The van der Waals surface area contributed by atoms with E-state index in [1.165, 1.54) is 0 Å². The van der Waals surface area contributed by atoms with Crippen molar-refractivity contribution >= 4 is 22.3 Å². The van der Waals surface area contributed by atoms with E-state index in [1.807, 2.05) is 32.0 Å². The summed E-state index contributed by atoms with van der Waals surface area (Å²) >= 11 is 0. The zero-order chi connectivity index (χ0) is 24.8. The van der Waals surface area contributed by atoms with Crippen LogP contribution in [-0.2, 0) is 4.74 Å². The van der Waals surface area contributed by atoms with Crippen LogP contribution in [-0.4, -0.2) is 63.6 Å². The second-order valence-corrected chi connectivity index (χ2v) is 8.60. The predicted molar refractivity (Wildman–Crippen MR) is 136 cm³/mol. The molecule has 1 fully saturated rings. The van der Waals surface area contributed by atoms with Gasteiger partial charge in [-0.25, -0.2) is 0 Å². The Morgan fingerprint density at radius 2 is 1.80 bits per heavy atom. The molecule has 3 aromatic rings. The van der Waals surface area contributed by atoms with Gasteiger partial charge in [0.15, 0.2) is 11.5 Å². The number of rotatable bonds is 9. The molecule has 1 aliphatic rings. The predicted octanol–water partition coefficient (Wildman–Crippen LogP) is 4.59. The summed E-state index contributed by atoms with van der Waals surface area (Å²) < 4.78 is 22.6. The second-order valence-electron chi connectivity index (χ2n) is 8.60. The van der Waals surface area contributed by atoms with Crippen molar-refractivity contribution in [2.24, 2.45) is 0 Å². The molecule has 0 bridgehead atoms. The fourth-order valence-electron chi connectivity index (χ4n) is 4.31. The molecule has 8 nitrogen and oxygen atoms in total. The largest absolute Gasteiger partial charge is 0.496 e. The molecule has 2 heterocycles. The number of methoxy groups -OCH3 is 2. The highest BCUT2D eigenvalue weighted by molar-refractivity contribution is 5.98. The molecule has 0 saturated carbocycles. The van der Waals surface area contributed by atoms with Crippen molar-refractivity contribution in [2.45, 2.75) is 20.3 Å². The van der Waals surface area contributed by atoms with E-state index in [0.29, 0.717) is 34.9 Å². The van der Waals surface area contributed by atoms with Gasteiger partial charge in [-0.15, -0.1) is 0 Å². The van der Waals surface area contributed by atoms with E-state index in [4.69, 9.17) is 18.9 Å². The highest BCUT2D eigenvalue weighted by Crippen LogP contribution is 2.38. The fraction of sp³-hybridized carbons (Fsp3) is 0.407. The van der Waals surface area contributed by atoms with Crippen LogP contribution in [0.1, 0.15) is 23.1 Å². The van der Waals surface area contributed by atoms with Crippen molar-refractivity contribution in [1.29, 1.82) is 5.26 Å². The third-order valence-corrected chi connectivity index (χ3v) is 6.26. The maximum Gasteiger partial charge on any atom is 0.163 e. The van der Waals surface area contributed by atoms with Gasteiger partial charge in [-0.2, -0.15) is 5.26 Å². The molecule has 0 radical (unpaired) electrons. The minimum Gasteiger partial charge on any atom is -0.496 e. The van der Waals surface area contributed by atoms with Gasteiger partial charge in [0.2, 0.25) is 0 Å². The number of pyridine rings is 1. The smallest absolute Gasteiger partial charge is 0.163 e. The number of nitrogens with zero attached hydrogens (tertiary/aromatic N) is 3. The average Bonchev–Trinajstić information content (AvgIpc) is 2.88. The summed E-state index contributed by atoms with van der Waals surface area (Å²) in [6.07, 6.45) is 2.49. The summed E-state index contributed by atoms with van der Waals surface area (Å²) in [5.74, 6) is 2.01. The van der Waals surface area contributed by atoms with Gasteiger partial charge in [-0.3, -0.25) is 9.88 Å². The molecule has 1 aliphatic heterocycles. The number of fused-ring (bicyclic) bond motifs is 1. The minimum absolute atomic E-state index is 0.442. The SMILES string of the molecule is COc1cc(Nc2c(C#N)cnc3cc(OCCCN4CCOCC4)c(OC)cc23)c(C)cc1C. The molecule has 0 spiro atoms. The Balaban J connectivity index is 1.60. The quantitative estimate of drug-likeness (QED) is 0.449. The molecule has 8 heteroatoms. The second kappa shape index (κ2) is 11.3. The molecule has 0 aliphatic carbocycles. The number of ether oxygens (including phenoxy) is 4. The molecular formula is C27H32N4O4. The maximum atomic E-state index is 9.78. The van der Waals surface area contributed by atoms with Crippen LogP contribution in [0.25, 0.3) is 10.9 Å². The first-order chi connectivity index (χ1) is 17.0. The summed E-state index contributed by atoms with van der Waals surface area (Å²) in [5, 5.41) is 14.0. The van der Waals surface area contributed by atoms with Gasteiger partial charge in [0.05, 0.1) is 50.8 Å². The van der Waals surface area contributed by atoms with Crippen LogP contribution in [0.3, 0.4) is 0 Å². The van der Waals surface area contributed by atoms with Crippen LogP contribution in [0.4, 0.5) is 11.4 Å². The number of hydrogen-bond donors (Lipinski definition) is 1. The van der Waals surface area contributed by atoms with Crippen molar-refractivity contribution in [3.05, 3.63) is 47.2 Å². The van der Waals surface area contributed by atoms with Gasteiger partial charge in [-0.05, 0) is 37.5 Å². The topological polar surface area (TPSA) is 88.9 Å². The van der Waals surface area contributed by atoms with Gasteiger partial charge < -0.3 is 24.3 Å². The Kier molecular flexibility index (Phi) is 7.91. The van der Waals surface area contributed by atoms with Crippen LogP contribution in [0.5, 0.6) is 17.2 Å². The van der Waals surface area contributed by atoms with Crippen LogP contribution < -0.4 is 19.5 Å². The third-order valence-electron chi connectivity index (χ3n) is 6.26. The monoisotopic (exact) mass is 476 g/mol. The van der Waals surface area contributed by atoms with Crippen molar-refractivity contribution < 1.29 is 18.9 Å². The first-order valence-electron chi connectivity index (χ1n) is 11.8. The van der Waals surface area contributed by atoms with E-state index in [2.05, 4.69) is 27.3 Å². The average molecular weight is 477 g/mol. The highest BCUT2D eigenvalue weighted by atomic mass is 16.5. The van der Waals surface area contributed by atoms with E-state index >= 15 is 0 Å². The first-order valence-corrected chi connectivity index (χ1v) is 11.8. The zero-order valence-electron chi connectivity index (χ0n) is 20.8. The lowest BCUT2D eigenvalue weighted by Crippen LogP contribution is -2.37. The molecule has 1 saturated heterocycles. The van der Waals surface area contributed by atoms with E-state index in [-0.39, 0.29) is 0 Å². The number of aryl methyl sites for hydroxylation is 2. The highest BCUT2D eigenvalue weighted by Gasteiger charge is 2.16. The van der Waals surface area contributed by atoms with Crippen molar-refractivity contribution in [2.75, 3.05) is 59.0 Å². The summed E-state index contributed by atoms with van der Waals surface area (Å²) in [4.78, 5) is 6.90. The number of benzene rings is 2. The van der Waals surface area contributed by atoms with E-state index in [0.717, 1.165) is 67.2 Å². The van der Waals surface area contributed by atoms with Gasteiger partial charge in [0, 0.05) is 49.0 Å². The zero-order valence-corrected chi connectivity index (χ0v) is 20.8. The Morgan fingerprint density at radius 1 is 1.03 bits per heavy atom. The standard InChI is InChI=1S/C27H32N4O4/c1-18-12-19(2)24(32-3)14-22(18)30-27-20(16-28)17-29-23-15-26(25(33-4)13-21(23)27)35-9-5-6-31-7-10-34-11-8-31/h12-15,17H,5-11H2,1-4H3,(H,29,30). The van der Waals surface area contributed by atoms with Gasteiger partial charge in [0.25, 0.3) is 0 Å². The summed E-state index contributed by atoms with van der Waals surface area (Å²) in [5.41, 5.74) is 4.78. The van der Waals surface area contributed by atoms with E-state index in [9.17, 15) is 5.26 Å². The minimum atomic E-state index is 0.442. The Morgan fingerprint density at radius 3 is 2.51 bits per heavy atom. The molecule has 35 heavy (non-hydrogen) atoms. The number of aromatic nitrogens is 1. The fourth-order valence-corrected chi connectivity index (χ4v) is 4.31. The molecule has 2 aromatic carbocycles. The lowest BCUT2D eigenvalue weighted by atomic mass is 10.1. The molecule has 0 atom stereocenters. The molecular weight excluding hydrogens is 444 g/mol.